The van der Waals surface area contributed by atoms with E-state index < -0.39 is 30.1 Å². The Morgan fingerprint density at radius 3 is 2.23 bits per heavy atom. The molecule has 0 saturated heterocycles. The molecular weight excluding hydrogens is 446 g/mol. The minimum atomic E-state index is -1.01. The number of hydrogen-bond acceptors (Lipinski definition) is 5. The average Bonchev–Trinajstić information content (AvgIpc) is 3.17. The van der Waals surface area contributed by atoms with Gasteiger partial charge in [-0.2, -0.15) is 5.26 Å². The summed E-state index contributed by atoms with van der Waals surface area (Å²) in [7, 11) is 0. The van der Waals surface area contributed by atoms with Crippen LogP contribution in [0.25, 0.3) is 11.1 Å². The van der Waals surface area contributed by atoms with Crippen LogP contribution in [0.15, 0.2) is 48.5 Å². The van der Waals surface area contributed by atoms with Gasteiger partial charge in [-0.15, -0.1) is 0 Å². The number of nitriles is 1. The van der Waals surface area contributed by atoms with E-state index in [9.17, 15) is 14.4 Å². The van der Waals surface area contributed by atoms with Crippen molar-refractivity contribution < 1.29 is 24.2 Å². The summed E-state index contributed by atoms with van der Waals surface area (Å²) < 4.78 is 5.57. The van der Waals surface area contributed by atoms with E-state index in [0.717, 1.165) is 22.3 Å². The zero-order valence-corrected chi connectivity index (χ0v) is 19.8. The summed E-state index contributed by atoms with van der Waals surface area (Å²) in [4.78, 5) is 36.6. The molecule has 184 valence electrons. The summed E-state index contributed by atoms with van der Waals surface area (Å²) in [5, 5.41) is 23.2. The van der Waals surface area contributed by atoms with Gasteiger partial charge in [-0.25, -0.2) is 4.79 Å². The van der Waals surface area contributed by atoms with E-state index in [1.54, 1.807) is 6.92 Å². The molecule has 8 heteroatoms. The molecule has 2 atom stereocenters. The molecule has 35 heavy (non-hydrogen) atoms. The van der Waals surface area contributed by atoms with E-state index in [-0.39, 0.29) is 18.9 Å². The fraction of sp³-hybridized carbons (Fsp3) is 0.407. The molecule has 1 aliphatic rings. The monoisotopic (exact) mass is 477 g/mol. The Labute approximate surface area is 205 Å². The van der Waals surface area contributed by atoms with Crippen LogP contribution in [-0.4, -0.2) is 41.8 Å². The number of carboxylic acid groups (broad SMARTS) is 1. The lowest BCUT2D eigenvalue weighted by atomic mass is 9.98. The molecule has 1 unspecified atom stereocenters. The lowest BCUT2D eigenvalue weighted by Crippen LogP contribution is -2.50. The van der Waals surface area contributed by atoms with Crippen LogP contribution >= 0.6 is 0 Å². The largest absolute Gasteiger partial charge is 0.481 e. The highest BCUT2D eigenvalue weighted by Gasteiger charge is 2.30. The molecule has 0 saturated carbocycles. The number of carbonyl (C=O) groups is 3. The van der Waals surface area contributed by atoms with Gasteiger partial charge in [0, 0.05) is 18.4 Å². The predicted octanol–water partition coefficient (Wildman–Crippen LogP) is 4.35. The number of ether oxygens (including phenoxy) is 1. The third-order valence-electron chi connectivity index (χ3n) is 6.24. The summed E-state index contributed by atoms with van der Waals surface area (Å²) in [6.45, 7) is 1.91. The molecule has 8 nitrogen and oxygen atoms in total. The molecule has 0 aromatic heterocycles. The normalized spacial score (nSPS) is 13.6. The Bertz CT molecular complexity index is 1050. The van der Waals surface area contributed by atoms with Crippen LogP contribution in [0, 0.1) is 11.3 Å². The molecule has 1 aliphatic carbocycles. The Balaban J connectivity index is 1.64. The van der Waals surface area contributed by atoms with Crippen LogP contribution in [-0.2, 0) is 14.3 Å². The van der Waals surface area contributed by atoms with Crippen molar-refractivity contribution in [1.82, 2.24) is 10.6 Å². The number of benzene rings is 2. The lowest BCUT2D eigenvalue weighted by Gasteiger charge is -2.22. The smallest absolute Gasteiger partial charge is 0.407 e. The maximum absolute atomic E-state index is 12.8. The van der Waals surface area contributed by atoms with Crippen molar-refractivity contribution in [3.8, 4) is 17.2 Å². The van der Waals surface area contributed by atoms with Crippen LogP contribution in [0.2, 0.25) is 0 Å². The second-order valence-corrected chi connectivity index (χ2v) is 8.64. The third-order valence-corrected chi connectivity index (χ3v) is 6.24. The van der Waals surface area contributed by atoms with E-state index in [2.05, 4.69) is 28.8 Å². The van der Waals surface area contributed by atoms with Crippen LogP contribution < -0.4 is 10.6 Å². The quantitative estimate of drug-likeness (QED) is 0.390. The molecule has 0 radical (unpaired) electrons. The van der Waals surface area contributed by atoms with Gasteiger partial charge in [0.25, 0.3) is 0 Å². The maximum Gasteiger partial charge on any atom is 0.407 e. The van der Waals surface area contributed by atoms with Crippen molar-refractivity contribution in [2.24, 2.45) is 0 Å². The summed E-state index contributed by atoms with van der Waals surface area (Å²) >= 11 is 0. The molecule has 2 aromatic carbocycles. The van der Waals surface area contributed by atoms with Gasteiger partial charge in [-0.3, -0.25) is 9.59 Å². The molecule has 0 spiro atoms. The van der Waals surface area contributed by atoms with Gasteiger partial charge in [0.2, 0.25) is 5.91 Å². The number of aliphatic carboxylic acids is 1. The van der Waals surface area contributed by atoms with Gasteiger partial charge in [0.15, 0.2) is 0 Å². The minimum absolute atomic E-state index is 0.101. The van der Waals surface area contributed by atoms with Crippen molar-refractivity contribution in [1.29, 1.82) is 5.26 Å². The van der Waals surface area contributed by atoms with Gasteiger partial charge in [-0.05, 0) is 47.9 Å². The minimum Gasteiger partial charge on any atom is -0.481 e. The molecule has 0 aliphatic heterocycles. The van der Waals surface area contributed by atoms with Crippen LogP contribution in [0.5, 0.6) is 0 Å². The van der Waals surface area contributed by atoms with Crippen LogP contribution in [0.3, 0.4) is 0 Å². The van der Waals surface area contributed by atoms with Crippen LogP contribution in [0.1, 0.15) is 62.5 Å². The fourth-order valence-corrected chi connectivity index (χ4v) is 4.41. The second-order valence-electron chi connectivity index (χ2n) is 8.64. The van der Waals surface area contributed by atoms with Crippen molar-refractivity contribution in [2.45, 2.75) is 63.5 Å². The molecule has 0 heterocycles. The van der Waals surface area contributed by atoms with Crippen molar-refractivity contribution in [3.05, 3.63) is 59.7 Å². The van der Waals surface area contributed by atoms with Gasteiger partial charge in [0.05, 0.1) is 12.5 Å². The molecule has 0 bridgehead atoms. The number of nitrogens with one attached hydrogen (secondary N) is 2. The molecule has 3 rings (SSSR count). The fourth-order valence-electron chi connectivity index (χ4n) is 4.41. The molecular formula is C27H31N3O5. The zero-order valence-electron chi connectivity index (χ0n) is 19.8. The summed E-state index contributed by atoms with van der Waals surface area (Å²) in [6, 6.07) is 16.7. The van der Waals surface area contributed by atoms with Crippen molar-refractivity contribution in [2.75, 3.05) is 6.61 Å². The third kappa shape index (κ3) is 6.82. The SMILES string of the molecule is CC[C@@H](CC(=O)O)NC(=O)C(CCCCC#N)NC(=O)OCC1c2ccccc2-c2ccccc21. The van der Waals surface area contributed by atoms with E-state index in [1.807, 2.05) is 36.4 Å². The first-order valence-electron chi connectivity index (χ1n) is 11.9. The number of amides is 2. The molecule has 3 N–H and O–H groups in total. The predicted molar refractivity (Wildman–Crippen MR) is 131 cm³/mol. The number of carboxylic acids is 1. The first-order chi connectivity index (χ1) is 16.9. The number of fused-ring (bicyclic) bond motifs is 3. The number of hydrogen-bond donors (Lipinski definition) is 3. The highest BCUT2D eigenvalue weighted by atomic mass is 16.5. The highest BCUT2D eigenvalue weighted by Crippen LogP contribution is 2.44. The van der Waals surface area contributed by atoms with Gasteiger partial charge < -0.3 is 20.5 Å². The number of rotatable bonds is 12. The van der Waals surface area contributed by atoms with E-state index in [1.165, 1.54) is 0 Å². The van der Waals surface area contributed by atoms with Gasteiger partial charge in [0.1, 0.15) is 12.6 Å². The average molecular weight is 478 g/mol. The lowest BCUT2D eigenvalue weighted by molar-refractivity contribution is -0.137. The highest BCUT2D eigenvalue weighted by molar-refractivity contribution is 5.86. The van der Waals surface area contributed by atoms with E-state index >= 15 is 0 Å². The van der Waals surface area contributed by atoms with E-state index in [0.29, 0.717) is 32.1 Å². The molecule has 2 aromatic rings. The van der Waals surface area contributed by atoms with Crippen molar-refractivity contribution >= 4 is 18.0 Å². The Morgan fingerprint density at radius 2 is 1.66 bits per heavy atom. The zero-order chi connectivity index (χ0) is 25.2. The first kappa shape index (κ1) is 25.8. The Kier molecular flexibility index (Phi) is 9.24. The number of alkyl carbamates (subject to hydrolysis) is 1. The Hall–Kier alpha value is -3.86. The summed E-state index contributed by atoms with van der Waals surface area (Å²) in [5.41, 5.74) is 4.42. The molecule has 0 fully saturated rings. The van der Waals surface area contributed by atoms with Crippen molar-refractivity contribution in [3.63, 3.8) is 0 Å². The van der Waals surface area contributed by atoms with Gasteiger partial charge in [-0.1, -0.05) is 55.5 Å². The summed E-state index contributed by atoms with van der Waals surface area (Å²) in [6.07, 6.45) is 1.37. The number of carbonyl (C=O) groups excluding carboxylic acids is 2. The van der Waals surface area contributed by atoms with E-state index in [4.69, 9.17) is 15.1 Å². The van der Waals surface area contributed by atoms with Gasteiger partial charge >= 0.3 is 12.1 Å². The standard InChI is InChI=1S/C27H31N3O5/c1-2-18(16-25(31)32)29-26(33)24(14-4-3-9-15-28)30-27(34)35-17-23-21-12-7-5-10-19(21)20-11-6-8-13-22(20)23/h5-8,10-13,18,23-24H,2-4,9,14,16-17H2,1H3,(H,29,33)(H,30,34)(H,31,32)/t18-,24?/m0/s1. The summed E-state index contributed by atoms with van der Waals surface area (Å²) in [5.74, 6) is -1.56. The Morgan fingerprint density at radius 1 is 1.03 bits per heavy atom. The number of unbranched alkanes of at least 4 members (excludes halogenated alkanes) is 2. The molecule has 2 amide bonds. The first-order valence-corrected chi connectivity index (χ1v) is 11.9. The number of nitrogens with zero attached hydrogens (tertiary/aromatic N) is 1. The maximum atomic E-state index is 12.8. The topological polar surface area (TPSA) is 129 Å². The van der Waals surface area contributed by atoms with Crippen LogP contribution in [0.4, 0.5) is 4.79 Å². The second kappa shape index (κ2) is 12.6.